The molecular weight excluding hydrogens is 186 g/mol. The third-order valence-corrected chi connectivity index (χ3v) is 1.38. The van der Waals surface area contributed by atoms with Crippen LogP contribution in [0.15, 0.2) is 4.52 Å². The van der Waals surface area contributed by atoms with E-state index >= 15 is 0 Å². The maximum atomic E-state index is 11.1. The van der Waals surface area contributed by atoms with Gasteiger partial charge in [-0.05, 0) is 26.2 Å². The summed E-state index contributed by atoms with van der Waals surface area (Å²) < 4.78 is 9.55. The van der Waals surface area contributed by atoms with Crippen molar-refractivity contribution in [1.29, 1.82) is 0 Å². The van der Waals surface area contributed by atoms with Crippen LogP contribution in [0.25, 0.3) is 0 Å². The van der Waals surface area contributed by atoms with E-state index in [0.29, 0.717) is 19.0 Å². The van der Waals surface area contributed by atoms with Crippen LogP contribution in [0.4, 0.5) is 0 Å². The van der Waals surface area contributed by atoms with E-state index in [1.165, 1.54) is 0 Å². The van der Waals surface area contributed by atoms with Crippen LogP contribution in [0.1, 0.15) is 23.4 Å². The van der Waals surface area contributed by atoms with Gasteiger partial charge >= 0.3 is 5.97 Å². The van der Waals surface area contributed by atoms with E-state index in [-0.39, 0.29) is 5.82 Å². The Kier molecular flexibility index (Phi) is 3.58. The van der Waals surface area contributed by atoms with Crippen molar-refractivity contribution < 1.29 is 14.1 Å². The van der Waals surface area contributed by atoms with Gasteiger partial charge in [0.05, 0.1) is 13.2 Å². The fraction of sp³-hybridized carbons (Fsp3) is 0.625. The lowest BCUT2D eigenvalue weighted by atomic mass is 10.5. The predicted molar refractivity (Wildman–Crippen MR) is 47.6 cm³/mol. The lowest BCUT2D eigenvalue weighted by molar-refractivity contribution is 0.0508. The van der Waals surface area contributed by atoms with Crippen molar-refractivity contribution in [2.75, 3.05) is 20.7 Å². The van der Waals surface area contributed by atoms with Crippen LogP contribution >= 0.6 is 0 Å². The second kappa shape index (κ2) is 4.71. The lowest BCUT2D eigenvalue weighted by Gasteiger charge is -2.02. The van der Waals surface area contributed by atoms with Gasteiger partial charge in [-0.2, -0.15) is 4.98 Å². The second-order valence-electron chi connectivity index (χ2n) is 2.97. The molecule has 0 radical (unpaired) electrons. The van der Waals surface area contributed by atoms with Crippen molar-refractivity contribution in [2.24, 2.45) is 0 Å². The molecule has 0 aromatic carbocycles. The van der Waals surface area contributed by atoms with E-state index in [0.717, 1.165) is 0 Å². The van der Waals surface area contributed by atoms with Gasteiger partial charge in [0.1, 0.15) is 0 Å². The van der Waals surface area contributed by atoms with Crippen LogP contribution in [0, 0.1) is 0 Å². The first-order valence-electron chi connectivity index (χ1n) is 4.28. The van der Waals surface area contributed by atoms with Gasteiger partial charge < -0.3 is 14.2 Å². The Morgan fingerprint density at radius 3 is 2.86 bits per heavy atom. The third kappa shape index (κ3) is 2.81. The number of carbonyl (C=O) groups is 1. The molecule has 0 unspecified atom stereocenters. The highest BCUT2D eigenvalue weighted by molar-refractivity contribution is 5.84. The van der Waals surface area contributed by atoms with Crippen LogP contribution in [0.3, 0.4) is 0 Å². The quantitative estimate of drug-likeness (QED) is 0.650. The summed E-state index contributed by atoms with van der Waals surface area (Å²) in [6.45, 7) is 2.53. The van der Waals surface area contributed by atoms with E-state index in [2.05, 4.69) is 10.1 Å². The number of hydrogen-bond donors (Lipinski definition) is 0. The van der Waals surface area contributed by atoms with Crippen molar-refractivity contribution in [3.63, 3.8) is 0 Å². The van der Waals surface area contributed by atoms with Gasteiger partial charge in [0.15, 0.2) is 0 Å². The highest BCUT2D eigenvalue weighted by Gasteiger charge is 2.15. The monoisotopic (exact) mass is 199 g/mol. The smallest absolute Gasteiger partial charge is 0.379 e. The first-order valence-corrected chi connectivity index (χ1v) is 4.28. The molecule has 0 saturated heterocycles. The minimum atomic E-state index is -0.554. The van der Waals surface area contributed by atoms with Crippen LogP contribution < -0.4 is 0 Å². The van der Waals surface area contributed by atoms with Gasteiger partial charge in [-0.15, -0.1) is 0 Å². The van der Waals surface area contributed by atoms with E-state index in [9.17, 15) is 4.79 Å². The predicted octanol–water partition coefficient (Wildman–Crippen LogP) is 0.308. The average Bonchev–Trinajstić information content (AvgIpc) is 2.52. The molecule has 6 nitrogen and oxygen atoms in total. The second-order valence-corrected chi connectivity index (χ2v) is 2.97. The number of aromatic nitrogens is 2. The summed E-state index contributed by atoms with van der Waals surface area (Å²) in [6, 6.07) is 0. The Bertz CT molecular complexity index is 309. The Balaban J connectivity index is 2.63. The van der Waals surface area contributed by atoms with E-state index in [1.54, 1.807) is 6.92 Å². The SMILES string of the molecule is CCOC(=O)c1noc(CN(C)C)n1. The van der Waals surface area contributed by atoms with Crippen LogP contribution in [-0.2, 0) is 11.3 Å². The van der Waals surface area contributed by atoms with Crippen molar-refractivity contribution in [2.45, 2.75) is 13.5 Å². The molecule has 1 aromatic rings. The number of nitrogens with zero attached hydrogens (tertiary/aromatic N) is 3. The molecule has 78 valence electrons. The van der Waals surface area contributed by atoms with Crippen molar-refractivity contribution in [3.8, 4) is 0 Å². The fourth-order valence-electron chi connectivity index (χ4n) is 0.868. The van der Waals surface area contributed by atoms with Crippen molar-refractivity contribution in [1.82, 2.24) is 15.0 Å². The minimum absolute atomic E-state index is 0.0244. The average molecular weight is 199 g/mol. The first kappa shape index (κ1) is 10.6. The molecule has 0 spiro atoms. The summed E-state index contributed by atoms with van der Waals surface area (Å²) in [5.74, 6) is -0.178. The summed E-state index contributed by atoms with van der Waals surface area (Å²) in [5, 5.41) is 3.50. The van der Waals surface area contributed by atoms with E-state index in [4.69, 9.17) is 9.26 Å². The Labute approximate surface area is 81.8 Å². The third-order valence-electron chi connectivity index (χ3n) is 1.38. The summed E-state index contributed by atoms with van der Waals surface area (Å²) in [7, 11) is 3.74. The summed E-state index contributed by atoms with van der Waals surface area (Å²) in [5.41, 5.74) is 0. The van der Waals surface area contributed by atoms with Gasteiger partial charge in [0, 0.05) is 0 Å². The standard InChI is InChI=1S/C8H13N3O3/c1-4-13-8(12)7-9-6(14-10-7)5-11(2)3/h4-5H2,1-3H3. The molecular formula is C8H13N3O3. The van der Waals surface area contributed by atoms with Gasteiger partial charge in [-0.3, -0.25) is 0 Å². The molecule has 0 amide bonds. The largest absolute Gasteiger partial charge is 0.460 e. The molecule has 0 atom stereocenters. The topological polar surface area (TPSA) is 68.5 Å². The van der Waals surface area contributed by atoms with Crippen LogP contribution in [-0.4, -0.2) is 41.7 Å². The maximum absolute atomic E-state index is 11.1. The molecule has 0 bridgehead atoms. The summed E-state index contributed by atoms with van der Waals surface area (Å²) >= 11 is 0. The van der Waals surface area contributed by atoms with Crippen molar-refractivity contribution in [3.05, 3.63) is 11.7 Å². The normalized spacial score (nSPS) is 10.6. The molecule has 1 aromatic heterocycles. The molecule has 1 heterocycles. The summed E-state index contributed by atoms with van der Waals surface area (Å²) in [6.07, 6.45) is 0. The first-order chi connectivity index (χ1) is 6.63. The van der Waals surface area contributed by atoms with Crippen LogP contribution in [0.5, 0.6) is 0 Å². The summed E-state index contributed by atoms with van der Waals surface area (Å²) in [4.78, 5) is 16.9. The minimum Gasteiger partial charge on any atom is -0.460 e. The zero-order chi connectivity index (χ0) is 10.6. The molecule has 0 aliphatic carbocycles. The Morgan fingerprint density at radius 2 is 2.29 bits per heavy atom. The highest BCUT2D eigenvalue weighted by Crippen LogP contribution is 2.01. The number of ether oxygens (including phenoxy) is 1. The van der Waals surface area contributed by atoms with Gasteiger partial charge in [0.25, 0.3) is 5.82 Å². The van der Waals surface area contributed by atoms with Gasteiger partial charge in [-0.25, -0.2) is 4.79 Å². The number of hydrogen-bond acceptors (Lipinski definition) is 6. The molecule has 0 saturated carbocycles. The number of esters is 1. The molecule has 0 aliphatic heterocycles. The van der Waals surface area contributed by atoms with E-state index < -0.39 is 5.97 Å². The van der Waals surface area contributed by atoms with Crippen molar-refractivity contribution >= 4 is 5.97 Å². The van der Waals surface area contributed by atoms with Gasteiger partial charge in [0.2, 0.25) is 5.89 Å². The molecule has 0 fully saturated rings. The molecule has 0 aliphatic rings. The van der Waals surface area contributed by atoms with E-state index in [1.807, 2.05) is 19.0 Å². The molecule has 1 rings (SSSR count). The number of rotatable bonds is 4. The maximum Gasteiger partial charge on any atom is 0.379 e. The molecule has 6 heteroatoms. The fourth-order valence-corrected chi connectivity index (χ4v) is 0.868. The number of carbonyl (C=O) groups excluding carboxylic acids is 1. The highest BCUT2D eigenvalue weighted by atomic mass is 16.5. The Hall–Kier alpha value is -1.43. The zero-order valence-electron chi connectivity index (χ0n) is 8.48. The molecule has 14 heavy (non-hydrogen) atoms. The van der Waals surface area contributed by atoms with Gasteiger partial charge in [-0.1, -0.05) is 0 Å². The molecule has 0 N–H and O–H groups in total. The Morgan fingerprint density at radius 1 is 1.57 bits per heavy atom. The van der Waals surface area contributed by atoms with Crippen LogP contribution in [0.2, 0.25) is 0 Å². The lowest BCUT2D eigenvalue weighted by Crippen LogP contribution is -2.11. The zero-order valence-corrected chi connectivity index (χ0v) is 8.48.